The number of rotatable bonds is 1. The average molecular weight is 158 g/mol. The Morgan fingerprint density at radius 1 is 1.20 bits per heavy atom. The van der Waals surface area contributed by atoms with Gasteiger partial charge in [-0.3, -0.25) is 0 Å². The molecule has 58 valence electrons. The van der Waals surface area contributed by atoms with E-state index < -0.39 is 0 Å². The fraction of sp³-hybridized carbons (Fsp3) is 1.00. The molecule has 1 N–H and O–H groups in total. The molecular formula is C8H14OS. The Labute approximate surface area is 66.2 Å². The van der Waals surface area contributed by atoms with E-state index in [2.05, 4.69) is 0 Å². The molecule has 0 spiro atoms. The van der Waals surface area contributed by atoms with Gasteiger partial charge in [-0.15, -0.1) is 0 Å². The predicted octanol–water partition coefficient (Wildman–Crippen LogP) is 1.65. The van der Waals surface area contributed by atoms with Gasteiger partial charge in [0, 0.05) is 0 Å². The Kier molecular flexibility index (Phi) is 1.69. The summed E-state index contributed by atoms with van der Waals surface area (Å²) in [6.07, 6.45) is 4.65. The highest BCUT2D eigenvalue weighted by molar-refractivity contribution is 7.99. The molecule has 0 radical (unpaired) electrons. The summed E-state index contributed by atoms with van der Waals surface area (Å²) in [5, 5.41) is 9.74. The maximum atomic E-state index is 9.74. The summed E-state index contributed by atoms with van der Waals surface area (Å²) >= 11 is 2.03. The van der Waals surface area contributed by atoms with E-state index in [-0.39, 0.29) is 5.60 Å². The van der Waals surface area contributed by atoms with Crippen molar-refractivity contribution in [1.82, 2.24) is 0 Å². The minimum atomic E-state index is -0.193. The maximum Gasteiger partial charge on any atom is 0.0678 e. The Bertz CT molecular complexity index is 125. The van der Waals surface area contributed by atoms with Crippen molar-refractivity contribution < 1.29 is 5.11 Å². The third-order valence-corrected chi connectivity index (χ3v) is 3.79. The van der Waals surface area contributed by atoms with Gasteiger partial charge in [0.25, 0.3) is 0 Å². The molecule has 0 amide bonds. The van der Waals surface area contributed by atoms with Crippen molar-refractivity contribution >= 4 is 11.8 Å². The monoisotopic (exact) mass is 158 g/mol. The van der Waals surface area contributed by atoms with Gasteiger partial charge in [-0.2, -0.15) is 11.8 Å². The van der Waals surface area contributed by atoms with Crippen molar-refractivity contribution in [2.75, 3.05) is 11.5 Å². The van der Waals surface area contributed by atoms with E-state index in [0.29, 0.717) is 5.92 Å². The molecule has 1 heterocycles. The van der Waals surface area contributed by atoms with Gasteiger partial charge < -0.3 is 5.11 Å². The molecule has 10 heavy (non-hydrogen) atoms. The summed E-state index contributed by atoms with van der Waals surface area (Å²) in [5.74, 6) is 3.19. The zero-order valence-corrected chi connectivity index (χ0v) is 6.99. The maximum absolute atomic E-state index is 9.74. The molecule has 1 saturated heterocycles. The van der Waals surface area contributed by atoms with Crippen LogP contribution >= 0.6 is 11.8 Å². The van der Waals surface area contributed by atoms with Gasteiger partial charge in [-0.1, -0.05) is 0 Å². The molecule has 0 unspecified atom stereocenters. The van der Waals surface area contributed by atoms with Gasteiger partial charge in [0.05, 0.1) is 5.60 Å². The molecule has 0 bridgehead atoms. The fourth-order valence-corrected chi connectivity index (χ4v) is 2.88. The summed E-state index contributed by atoms with van der Waals surface area (Å²) in [4.78, 5) is 0. The number of thioether (sulfide) groups is 1. The highest BCUT2D eigenvalue weighted by atomic mass is 32.2. The van der Waals surface area contributed by atoms with E-state index >= 15 is 0 Å². The van der Waals surface area contributed by atoms with Crippen molar-refractivity contribution in [3.8, 4) is 0 Å². The minimum Gasteiger partial charge on any atom is -0.390 e. The number of hydrogen-bond acceptors (Lipinski definition) is 2. The van der Waals surface area contributed by atoms with Crippen LogP contribution in [0.1, 0.15) is 25.7 Å². The molecule has 0 aromatic heterocycles. The lowest BCUT2D eigenvalue weighted by Crippen LogP contribution is -2.25. The van der Waals surface area contributed by atoms with Gasteiger partial charge in [0.1, 0.15) is 0 Å². The molecule has 1 nitrogen and oxygen atoms in total. The van der Waals surface area contributed by atoms with E-state index in [1.165, 1.54) is 24.3 Å². The smallest absolute Gasteiger partial charge is 0.0678 e. The molecule has 2 fully saturated rings. The van der Waals surface area contributed by atoms with E-state index in [4.69, 9.17) is 0 Å². The third-order valence-electron chi connectivity index (χ3n) is 2.74. The number of aliphatic hydroxyl groups is 1. The Morgan fingerprint density at radius 3 is 2.30 bits per heavy atom. The first kappa shape index (κ1) is 6.99. The fourth-order valence-electron chi connectivity index (χ4n) is 1.77. The zero-order valence-electron chi connectivity index (χ0n) is 6.18. The quantitative estimate of drug-likeness (QED) is 0.626. The summed E-state index contributed by atoms with van der Waals surface area (Å²) in [6, 6.07) is 0. The molecule has 1 aliphatic carbocycles. The standard InChI is InChI=1S/C8H14OS/c9-8(3-4-8)7-1-5-10-6-2-7/h7,9H,1-6H2. The Hall–Kier alpha value is 0.310. The van der Waals surface area contributed by atoms with E-state index in [0.717, 1.165) is 12.8 Å². The van der Waals surface area contributed by atoms with E-state index in [1.807, 2.05) is 11.8 Å². The summed E-state index contributed by atoms with van der Waals surface area (Å²) in [5.41, 5.74) is -0.193. The Balaban J connectivity index is 1.91. The van der Waals surface area contributed by atoms with Gasteiger partial charge in [0.2, 0.25) is 0 Å². The van der Waals surface area contributed by atoms with Crippen molar-refractivity contribution in [1.29, 1.82) is 0 Å². The third kappa shape index (κ3) is 1.19. The van der Waals surface area contributed by atoms with Crippen LogP contribution < -0.4 is 0 Å². The minimum absolute atomic E-state index is 0.193. The second-order valence-corrected chi connectivity index (χ2v) is 4.71. The molecular weight excluding hydrogens is 144 g/mol. The van der Waals surface area contributed by atoms with Gasteiger partial charge >= 0.3 is 0 Å². The van der Waals surface area contributed by atoms with Gasteiger partial charge in [0.15, 0.2) is 0 Å². The molecule has 2 rings (SSSR count). The van der Waals surface area contributed by atoms with Crippen LogP contribution in [0.5, 0.6) is 0 Å². The molecule has 1 aliphatic heterocycles. The first-order chi connectivity index (χ1) is 4.81. The first-order valence-corrected chi connectivity index (χ1v) is 5.27. The molecule has 1 saturated carbocycles. The lowest BCUT2D eigenvalue weighted by atomic mass is 9.94. The van der Waals surface area contributed by atoms with Crippen LogP contribution in [0.2, 0.25) is 0 Å². The largest absolute Gasteiger partial charge is 0.390 e. The van der Waals surface area contributed by atoms with Gasteiger partial charge in [-0.05, 0) is 43.1 Å². The van der Waals surface area contributed by atoms with Crippen molar-refractivity contribution in [2.45, 2.75) is 31.3 Å². The van der Waals surface area contributed by atoms with Crippen molar-refractivity contribution in [3.05, 3.63) is 0 Å². The molecule has 2 aliphatic rings. The Morgan fingerprint density at radius 2 is 1.80 bits per heavy atom. The van der Waals surface area contributed by atoms with Crippen LogP contribution in [0.25, 0.3) is 0 Å². The van der Waals surface area contributed by atoms with E-state index in [1.54, 1.807) is 0 Å². The van der Waals surface area contributed by atoms with Gasteiger partial charge in [-0.25, -0.2) is 0 Å². The first-order valence-electron chi connectivity index (χ1n) is 4.11. The van der Waals surface area contributed by atoms with Crippen LogP contribution in [0.4, 0.5) is 0 Å². The zero-order chi connectivity index (χ0) is 7.03. The van der Waals surface area contributed by atoms with Crippen LogP contribution in [-0.2, 0) is 0 Å². The summed E-state index contributed by atoms with van der Waals surface area (Å²) in [7, 11) is 0. The second kappa shape index (κ2) is 2.42. The lowest BCUT2D eigenvalue weighted by molar-refractivity contribution is 0.0772. The molecule has 0 aromatic rings. The highest BCUT2D eigenvalue weighted by Gasteiger charge is 2.47. The normalized spacial score (nSPS) is 32.1. The molecule has 2 heteroatoms. The predicted molar refractivity (Wildman–Crippen MR) is 44.2 cm³/mol. The second-order valence-electron chi connectivity index (χ2n) is 3.49. The summed E-state index contributed by atoms with van der Waals surface area (Å²) < 4.78 is 0. The van der Waals surface area contributed by atoms with Crippen LogP contribution in [0.15, 0.2) is 0 Å². The number of hydrogen-bond donors (Lipinski definition) is 1. The molecule has 0 atom stereocenters. The SMILES string of the molecule is OC1(C2CCSCC2)CC1. The topological polar surface area (TPSA) is 20.2 Å². The van der Waals surface area contributed by atoms with Crippen LogP contribution in [-0.4, -0.2) is 22.2 Å². The van der Waals surface area contributed by atoms with E-state index in [9.17, 15) is 5.11 Å². The lowest BCUT2D eigenvalue weighted by Gasteiger charge is -2.25. The molecule has 0 aromatic carbocycles. The highest BCUT2D eigenvalue weighted by Crippen LogP contribution is 2.47. The average Bonchev–Trinajstić information content (AvgIpc) is 2.72. The van der Waals surface area contributed by atoms with Crippen molar-refractivity contribution in [3.63, 3.8) is 0 Å². The van der Waals surface area contributed by atoms with Crippen LogP contribution in [0.3, 0.4) is 0 Å². The summed E-state index contributed by atoms with van der Waals surface area (Å²) in [6.45, 7) is 0. The van der Waals surface area contributed by atoms with Crippen molar-refractivity contribution in [2.24, 2.45) is 5.92 Å². The van der Waals surface area contributed by atoms with Crippen LogP contribution in [0, 0.1) is 5.92 Å².